The lowest BCUT2D eigenvalue weighted by Crippen LogP contribution is -2.35. The summed E-state index contributed by atoms with van der Waals surface area (Å²) in [6.45, 7) is 0. The van der Waals surface area contributed by atoms with Gasteiger partial charge in [-0.1, -0.05) is 0 Å². The number of ketones is 1. The third-order valence-electron chi connectivity index (χ3n) is 2.99. The molecule has 0 saturated heterocycles. The van der Waals surface area contributed by atoms with E-state index in [1.54, 1.807) is 0 Å². The third kappa shape index (κ3) is 0.601. The molecule has 0 amide bonds. The molecule has 0 spiro atoms. The molecule has 0 aromatic heterocycles. The number of carbonyl (C=O) groups is 1. The normalized spacial score (nSPS) is 46.1. The molecule has 2 aliphatic rings. The average Bonchev–Trinajstić information content (AvgIpc) is 2.36. The van der Waals surface area contributed by atoms with Gasteiger partial charge in [-0.2, -0.15) is 0 Å². The van der Waals surface area contributed by atoms with Gasteiger partial charge in [-0.05, 0) is 31.6 Å². The molecular formula is C8H12O2. The van der Waals surface area contributed by atoms with Crippen LogP contribution < -0.4 is 0 Å². The Kier molecular flexibility index (Phi) is 1.15. The minimum Gasteiger partial charge on any atom is -0.382 e. The Morgan fingerprint density at radius 1 is 1.50 bits per heavy atom. The number of hydrogen-bond acceptors (Lipinski definition) is 2. The summed E-state index contributed by atoms with van der Waals surface area (Å²) < 4.78 is 0. The van der Waals surface area contributed by atoms with Crippen LogP contribution in [-0.4, -0.2) is 16.5 Å². The molecule has 0 aromatic carbocycles. The van der Waals surface area contributed by atoms with Gasteiger partial charge in [-0.3, -0.25) is 4.79 Å². The SMILES string of the molecule is O=C1CC[C@@H]2CCC[C@]12O. The van der Waals surface area contributed by atoms with E-state index >= 15 is 0 Å². The molecule has 2 atom stereocenters. The molecule has 1 N–H and O–H groups in total. The highest BCUT2D eigenvalue weighted by Crippen LogP contribution is 2.44. The smallest absolute Gasteiger partial charge is 0.164 e. The van der Waals surface area contributed by atoms with E-state index in [4.69, 9.17) is 0 Å². The predicted octanol–water partition coefficient (Wildman–Crippen LogP) is 0.880. The van der Waals surface area contributed by atoms with E-state index < -0.39 is 5.60 Å². The molecule has 0 heterocycles. The average molecular weight is 140 g/mol. The van der Waals surface area contributed by atoms with Crippen molar-refractivity contribution < 1.29 is 9.90 Å². The van der Waals surface area contributed by atoms with E-state index in [-0.39, 0.29) is 5.78 Å². The van der Waals surface area contributed by atoms with Crippen LogP contribution in [0.4, 0.5) is 0 Å². The van der Waals surface area contributed by atoms with Crippen LogP contribution in [0.1, 0.15) is 32.1 Å². The summed E-state index contributed by atoms with van der Waals surface area (Å²) in [4.78, 5) is 11.1. The van der Waals surface area contributed by atoms with Crippen molar-refractivity contribution in [1.29, 1.82) is 0 Å². The molecule has 0 unspecified atom stereocenters. The van der Waals surface area contributed by atoms with Crippen LogP contribution in [0.2, 0.25) is 0 Å². The Morgan fingerprint density at radius 2 is 2.30 bits per heavy atom. The number of aliphatic hydroxyl groups is 1. The second-order valence-electron chi connectivity index (χ2n) is 3.48. The van der Waals surface area contributed by atoms with Crippen molar-refractivity contribution in [3.63, 3.8) is 0 Å². The topological polar surface area (TPSA) is 37.3 Å². The molecule has 0 bridgehead atoms. The Bertz CT molecular complexity index is 176. The van der Waals surface area contributed by atoms with Crippen LogP contribution in [0.3, 0.4) is 0 Å². The van der Waals surface area contributed by atoms with Crippen molar-refractivity contribution in [3.8, 4) is 0 Å². The Balaban J connectivity index is 2.30. The highest BCUT2D eigenvalue weighted by Gasteiger charge is 2.50. The lowest BCUT2D eigenvalue weighted by molar-refractivity contribution is -0.134. The van der Waals surface area contributed by atoms with Crippen LogP contribution in [0.15, 0.2) is 0 Å². The maximum absolute atomic E-state index is 11.1. The lowest BCUT2D eigenvalue weighted by Gasteiger charge is -2.19. The zero-order valence-electron chi connectivity index (χ0n) is 5.97. The third-order valence-corrected chi connectivity index (χ3v) is 2.99. The van der Waals surface area contributed by atoms with Crippen LogP contribution in [0.25, 0.3) is 0 Å². The molecule has 2 rings (SSSR count). The predicted molar refractivity (Wildman–Crippen MR) is 36.5 cm³/mol. The van der Waals surface area contributed by atoms with Gasteiger partial charge in [-0.15, -0.1) is 0 Å². The molecule has 56 valence electrons. The standard InChI is InChI=1S/C8H12O2/c9-7-4-3-6-2-1-5-8(6,7)10/h6,10H,1-5H2/t6-,8+/m0/s1. The largest absolute Gasteiger partial charge is 0.382 e. The van der Waals surface area contributed by atoms with E-state index in [0.717, 1.165) is 25.7 Å². The van der Waals surface area contributed by atoms with Crippen LogP contribution in [-0.2, 0) is 4.79 Å². The van der Waals surface area contributed by atoms with Gasteiger partial charge in [0.2, 0.25) is 0 Å². The fourth-order valence-corrected chi connectivity index (χ4v) is 2.33. The van der Waals surface area contributed by atoms with E-state index in [9.17, 15) is 9.90 Å². The number of hydrogen-bond donors (Lipinski definition) is 1. The summed E-state index contributed by atoms with van der Waals surface area (Å²) in [6, 6.07) is 0. The number of rotatable bonds is 0. The molecule has 10 heavy (non-hydrogen) atoms. The second kappa shape index (κ2) is 1.82. The maximum Gasteiger partial charge on any atom is 0.164 e. The monoisotopic (exact) mass is 140 g/mol. The van der Waals surface area contributed by atoms with Gasteiger partial charge in [0.1, 0.15) is 5.60 Å². The quantitative estimate of drug-likeness (QED) is 0.542. The van der Waals surface area contributed by atoms with E-state index in [0.29, 0.717) is 12.3 Å². The fourth-order valence-electron chi connectivity index (χ4n) is 2.33. The summed E-state index contributed by atoms with van der Waals surface area (Å²) in [7, 11) is 0. The van der Waals surface area contributed by atoms with Crippen molar-refractivity contribution in [2.24, 2.45) is 5.92 Å². The highest BCUT2D eigenvalue weighted by atomic mass is 16.3. The Morgan fingerprint density at radius 3 is 3.00 bits per heavy atom. The molecule has 0 aromatic rings. The molecule has 0 aliphatic heterocycles. The fraction of sp³-hybridized carbons (Fsp3) is 0.875. The van der Waals surface area contributed by atoms with Crippen molar-refractivity contribution in [2.75, 3.05) is 0 Å². The van der Waals surface area contributed by atoms with Crippen molar-refractivity contribution in [1.82, 2.24) is 0 Å². The molecule has 2 fully saturated rings. The number of Topliss-reactive ketones (excluding diaryl/α,β-unsaturated/α-hetero) is 1. The van der Waals surface area contributed by atoms with E-state index in [1.165, 1.54) is 0 Å². The molecule has 0 radical (unpaired) electrons. The van der Waals surface area contributed by atoms with Crippen molar-refractivity contribution in [3.05, 3.63) is 0 Å². The number of fused-ring (bicyclic) bond motifs is 1. The first kappa shape index (κ1) is 6.35. The van der Waals surface area contributed by atoms with Crippen LogP contribution >= 0.6 is 0 Å². The molecular weight excluding hydrogens is 128 g/mol. The van der Waals surface area contributed by atoms with Gasteiger partial charge in [0.05, 0.1) is 0 Å². The summed E-state index contributed by atoms with van der Waals surface area (Å²) in [5, 5.41) is 9.75. The first-order chi connectivity index (χ1) is 4.73. The molecule has 2 heteroatoms. The minimum atomic E-state index is -0.875. The van der Waals surface area contributed by atoms with Gasteiger partial charge in [0, 0.05) is 6.42 Å². The highest BCUT2D eigenvalue weighted by molar-refractivity contribution is 5.89. The molecule has 2 nitrogen and oxygen atoms in total. The second-order valence-corrected chi connectivity index (χ2v) is 3.48. The first-order valence-electron chi connectivity index (χ1n) is 3.99. The summed E-state index contributed by atoms with van der Waals surface area (Å²) in [5.74, 6) is 0.398. The van der Waals surface area contributed by atoms with Crippen molar-refractivity contribution in [2.45, 2.75) is 37.7 Å². The Labute approximate surface area is 60.2 Å². The zero-order chi connectivity index (χ0) is 7.19. The summed E-state index contributed by atoms with van der Waals surface area (Å²) in [6.07, 6.45) is 4.35. The first-order valence-corrected chi connectivity index (χ1v) is 3.99. The van der Waals surface area contributed by atoms with E-state index in [2.05, 4.69) is 0 Å². The van der Waals surface area contributed by atoms with Gasteiger partial charge in [0.25, 0.3) is 0 Å². The summed E-state index contributed by atoms with van der Waals surface area (Å²) >= 11 is 0. The number of carbonyl (C=O) groups excluding carboxylic acids is 1. The zero-order valence-corrected chi connectivity index (χ0v) is 5.97. The van der Waals surface area contributed by atoms with Gasteiger partial charge >= 0.3 is 0 Å². The minimum absolute atomic E-state index is 0.0926. The Hall–Kier alpha value is -0.370. The molecule has 2 saturated carbocycles. The lowest BCUT2D eigenvalue weighted by atomic mass is 9.94. The van der Waals surface area contributed by atoms with Gasteiger partial charge < -0.3 is 5.11 Å². The summed E-state index contributed by atoms with van der Waals surface area (Å²) in [5.41, 5.74) is -0.875. The maximum atomic E-state index is 11.1. The van der Waals surface area contributed by atoms with Crippen LogP contribution in [0, 0.1) is 5.92 Å². The van der Waals surface area contributed by atoms with Crippen molar-refractivity contribution >= 4 is 5.78 Å². The molecule has 2 aliphatic carbocycles. The van der Waals surface area contributed by atoms with E-state index in [1.807, 2.05) is 0 Å². The van der Waals surface area contributed by atoms with Gasteiger partial charge in [-0.25, -0.2) is 0 Å². The van der Waals surface area contributed by atoms with Gasteiger partial charge in [0.15, 0.2) is 5.78 Å². The van der Waals surface area contributed by atoms with Crippen LogP contribution in [0.5, 0.6) is 0 Å².